The second kappa shape index (κ2) is 5.70. The van der Waals surface area contributed by atoms with Gasteiger partial charge >= 0.3 is 5.97 Å². The van der Waals surface area contributed by atoms with Crippen LogP contribution < -0.4 is 0 Å². The molecule has 0 aromatic carbocycles. The zero-order valence-corrected chi connectivity index (χ0v) is 9.19. The van der Waals surface area contributed by atoms with Crippen molar-refractivity contribution in [3.05, 3.63) is 17.5 Å². The zero-order valence-electron chi connectivity index (χ0n) is 8.37. The summed E-state index contributed by atoms with van der Waals surface area (Å²) in [4.78, 5) is 11.2. The Hall–Kier alpha value is -0.970. The minimum atomic E-state index is -0.364. The maximum Gasteiger partial charge on any atom is 0.358 e. The Bertz CT molecular complexity index is 299. The topological polar surface area (TPSA) is 55.0 Å². The van der Waals surface area contributed by atoms with Crippen LogP contribution in [0.4, 0.5) is 0 Å². The van der Waals surface area contributed by atoms with Crippen LogP contribution in [0.3, 0.4) is 0 Å². The summed E-state index contributed by atoms with van der Waals surface area (Å²) in [7, 11) is 0. The van der Waals surface area contributed by atoms with Crippen LogP contribution >= 0.6 is 11.8 Å². The second-order valence-electron chi connectivity index (χ2n) is 2.64. The van der Waals surface area contributed by atoms with E-state index in [-0.39, 0.29) is 5.97 Å². The van der Waals surface area contributed by atoms with Crippen LogP contribution in [0.25, 0.3) is 0 Å². The van der Waals surface area contributed by atoms with Gasteiger partial charge in [0.05, 0.1) is 6.61 Å². The number of aromatic amines is 1. The van der Waals surface area contributed by atoms with Crippen molar-refractivity contribution in [1.29, 1.82) is 0 Å². The number of aromatic nitrogens is 2. The molecule has 1 N–H and O–H groups in total. The van der Waals surface area contributed by atoms with Gasteiger partial charge in [-0.05, 0) is 18.7 Å². The first kappa shape index (κ1) is 11.1. The molecule has 0 aliphatic carbocycles. The number of H-pyrrole nitrogens is 1. The molecule has 1 aromatic rings. The molecule has 0 spiro atoms. The van der Waals surface area contributed by atoms with Crippen molar-refractivity contribution >= 4 is 17.7 Å². The van der Waals surface area contributed by atoms with Crippen molar-refractivity contribution in [1.82, 2.24) is 10.2 Å². The Morgan fingerprint density at radius 3 is 3.07 bits per heavy atom. The Kier molecular flexibility index (Phi) is 4.52. The van der Waals surface area contributed by atoms with Gasteiger partial charge in [0.1, 0.15) is 0 Å². The summed E-state index contributed by atoms with van der Waals surface area (Å²) in [6, 6.07) is 1.74. The van der Waals surface area contributed by atoms with Crippen molar-refractivity contribution in [2.24, 2.45) is 0 Å². The summed E-state index contributed by atoms with van der Waals surface area (Å²) in [5, 5.41) is 6.68. The van der Waals surface area contributed by atoms with E-state index in [4.69, 9.17) is 4.74 Å². The van der Waals surface area contributed by atoms with Gasteiger partial charge in [0.2, 0.25) is 0 Å². The van der Waals surface area contributed by atoms with Gasteiger partial charge in [0, 0.05) is 11.4 Å². The molecule has 1 aromatic heterocycles. The first-order chi connectivity index (χ1) is 6.77. The van der Waals surface area contributed by atoms with Gasteiger partial charge < -0.3 is 4.74 Å². The molecular formula is C9H14N2O2S. The average molecular weight is 214 g/mol. The maximum absolute atomic E-state index is 11.2. The molecule has 0 saturated carbocycles. The molecule has 78 valence electrons. The maximum atomic E-state index is 11.2. The molecule has 0 atom stereocenters. The van der Waals surface area contributed by atoms with E-state index in [1.807, 2.05) is 0 Å². The van der Waals surface area contributed by atoms with E-state index in [1.165, 1.54) is 0 Å². The molecule has 0 amide bonds. The van der Waals surface area contributed by atoms with Crippen molar-refractivity contribution in [3.8, 4) is 0 Å². The highest BCUT2D eigenvalue weighted by molar-refractivity contribution is 7.98. The molecule has 0 unspecified atom stereocenters. The minimum Gasteiger partial charge on any atom is -0.461 e. The summed E-state index contributed by atoms with van der Waals surface area (Å²) < 4.78 is 4.82. The molecule has 0 aliphatic rings. The molecular weight excluding hydrogens is 200 g/mol. The number of hydrogen-bond acceptors (Lipinski definition) is 4. The summed E-state index contributed by atoms with van der Waals surface area (Å²) in [5.41, 5.74) is 1.32. The third-order valence-electron chi connectivity index (χ3n) is 1.58. The van der Waals surface area contributed by atoms with E-state index in [1.54, 1.807) is 24.8 Å². The van der Waals surface area contributed by atoms with Crippen LogP contribution in [0, 0.1) is 0 Å². The van der Waals surface area contributed by atoms with Gasteiger partial charge in [-0.3, -0.25) is 5.10 Å². The van der Waals surface area contributed by atoms with Crippen molar-refractivity contribution in [2.45, 2.75) is 19.6 Å². The van der Waals surface area contributed by atoms with Crippen molar-refractivity contribution in [2.75, 3.05) is 12.4 Å². The Morgan fingerprint density at radius 1 is 1.64 bits per heavy atom. The number of thioether (sulfide) groups is 1. The minimum absolute atomic E-state index is 0.360. The van der Waals surface area contributed by atoms with Gasteiger partial charge in [-0.2, -0.15) is 16.9 Å². The highest BCUT2D eigenvalue weighted by Crippen LogP contribution is 2.10. The number of carbonyl (C=O) groups excluding carboxylic acids is 1. The first-order valence-electron chi connectivity index (χ1n) is 4.57. The lowest BCUT2D eigenvalue weighted by Gasteiger charge is -1.95. The van der Waals surface area contributed by atoms with Crippen LogP contribution in [-0.4, -0.2) is 28.5 Å². The molecule has 0 radical (unpaired) electrons. The third-order valence-corrected chi connectivity index (χ3v) is 2.50. The smallest absolute Gasteiger partial charge is 0.358 e. The van der Waals surface area contributed by atoms with Crippen molar-refractivity contribution in [3.63, 3.8) is 0 Å². The quantitative estimate of drug-likeness (QED) is 0.760. The van der Waals surface area contributed by atoms with E-state index in [0.29, 0.717) is 12.3 Å². The summed E-state index contributed by atoms with van der Waals surface area (Å²) >= 11 is 1.78. The molecule has 1 heterocycles. The molecule has 5 heteroatoms. The lowest BCUT2D eigenvalue weighted by molar-refractivity contribution is 0.0519. The third kappa shape index (κ3) is 3.06. The fraction of sp³-hybridized carbons (Fsp3) is 0.556. The van der Waals surface area contributed by atoms with Crippen LogP contribution in [0.5, 0.6) is 0 Å². The number of ether oxygens (including phenoxy) is 1. The van der Waals surface area contributed by atoms with Gasteiger partial charge in [0.15, 0.2) is 5.69 Å². The molecule has 1 rings (SSSR count). The van der Waals surface area contributed by atoms with E-state index >= 15 is 0 Å². The van der Waals surface area contributed by atoms with E-state index in [2.05, 4.69) is 17.1 Å². The SMILES string of the molecule is CCOC(=O)c1cc(CSCC)[nH]n1. The Morgan fingerprint density at radius 2 is 2.43 bits per heavy atom. The lowest BCUT2D eigenvalue weighted by Crippen LogP contribution is -2.04. The monoisotopic (exact) mass is 214 g/mol. The highest BCUT2D eigenvalue weighted by Gasteiger charge is 2.10. The van der Waals surface area contributed by atoms with E-state index < -0.39 is 0 Å². The van der Waals surface area contributed by atoms with Gasteiger partial charge in [0.25, 0.3) is 0 Å². The van der Waals surface area contributed by atoms with Gasteiger partial charge in [-0.15, -0.1) is 0 Å². The molecule has 0 bridgehead atoms. The van der Waals surface area contributed by atoms with Crippen LogP contribution in [0.2, 0.25) is 0 Å². The van der Waals surface area contributed by atoms with Crippen molar-refractivity contribution < 1.29 is 9.53 Å². The summed E-state index contributed by atoms with van der Waals surface area (Å²) in [5.74, 6) is 1.54. The molecule has 0 saturated heterocycles. The highest BCUT2D eigenvalue weighted by atomic mass is 32.2. The van der Waals surface area contributed by atoms with Gasteiger partial charge in [-0.1, -0.05) is 6.92 Å². The Labute approximate surface area is 87.4 Å². The standard InChI is InChI=1S/C9H14N2O2S/c1-3-13-9(12)8-5-7(10-11-8)6-14-4-2/h5H,3-4,6H2,1-2H3,(H,10,11). The molecule has 0 aliphatic heterocycles. The molecule has 14 heavy (non-hydrogen) atoms. The normalized spacial score (nSPS) is 10.1. The Balaban J connectivity index is 2.54. The zero-order chi connectivity index (χ0) is 10.4. The number of nitrogens with zero attached hydrogens (tertiary/aromatic N) is 1. The van der Waals surface area contributed by atoms with Crippen LogP contribution in [0.15, 0.2) is 6.07 Å². The fourth-order valence-electron chi connectivity index (χ4n) is 0.957. The summed E-state index contributed by atoms with van der Waals surface area (Å²) in [6.45, 7) is 4.25. The number of esters is 1. The second-order valence-corrected chi connectivity index (χ2v) is 3.91. The first-order valence-corrected chi connectivity index (χ1v) is 5.72. The lowest BCUT2D eigenvalue weighted by atomic mass is 10.4. The van der Waals surface area contributed by atoms with E-state index in [0.717, 1.165) is 17.2 Å². The number of nitrogens with one attached hydrogen (secondary N) is 1. The van der Waals surface area contributed by atoms with Crippen LogP contribution in [0.1, 0.15) is 30.0 Å². The average Bonchev–Trinajstić information content (AvgIpc) is 2.63. The number of rotatable bonds is 5. The molecule has 0 fully saturated rings. The van der Waals surface area contributed by atoms with E-state index in [9.17, 15) is 4.79 Å². The fourth-order valence-corrected chi connectivity index (χ4v) is 1.53. The summed E-state index contributed by atoms with van der Waals surface area (Å²) in [6.07, 6.45) is 0. The van der Waals surface area contributed by atoms with Gasteiger partial charge in [-0.25, -0.2) is 4.79 Å². The number of hydrogen-bond donors (Lipinski definition) is 1. The van der Waals surface area contributed by atoms with Crippen LogP contribution in [-0.2, 0) is 10.5 Å². The number of carbonyl (C=O) groups is 1. The largest absolute Gasteiger partial charge is 0.461 e. The molecule has 4 nitrogen and oxygen atoms in total. The predicted molar refractivity (Wildman–Crippen MR) is 56.4 cm³/mol. The predicted octanol–water partition coefficient (Wildman–Crippen LogP) is 1.84.